The van der Waals surface area contributed by atoms with Crippen molar-refractivity contribution in [2.45, 2.75) is 6.61 Å². The fraction of sp³-hybridized carbons (Fsp3) is 0.0909. The molecule has 0 bridgehead atoms. The van der Waals surface area contributed by atoms with Crippen LogP contribution in [0, 0.1) is 5.82 Å². The van der Waals surface area contributed by atoms with Crippen LogP contribution in [0.2, 0.25) is 0 Å². The van der Waals surface area contributed by atoms with Crippen molar-refractivity contribution in [1.29, 1.82) is 0 Å². The number of nitrogens with one attached hydrogen (secondary N) is 1. The van der Waals surface area contributed by atoms with Gasteiger partial charge in [-0.2, -0.15) is 5.10 Å². The maximum Gasteiger partial charge on any atom is 0.271 e. The number of hydrogen-bond acceptors (Lipinski definition) is 4. The first-order valence-corrected chi connectivity index (χ1v) is 8.59. The van der Waals surface area contributed by atoms with Gasteiger partial charge in [0, 0.05) is 5.56 Å². The molecule has 0 saturated heterocycles. The second kappa shape index (κ2) is 9.32. The van der Waals surface area contributed by atoms with Crippen molar-refractivity contribution >= 4 is 12.1 Å². The molecule has 6 heteroatoms. The summed E-state index contributed by atoms with van der Waals surface area (Å²) in [5.74, 6) is 0.505. The van der Waals surface area contributed by atoms with Crippen LogP contribution in [0.5, 0.6) is 11.5 Å². The van der Waals surface area contributed by atoms with Gasteiger partial charge in [-0.05, 0) is 53.6 Å². The fourth-order valence-corrected chi connectivity index (χ4v) is 2.44. The summed E-state index contributed by atoms with van der Waals surface area (Å²) in [4.78, 5) is 12.0. The highest BCUT2D eigenvalue weighted by Crippen LogP contribution is 2.28. The summed E-state index contributed by atoms with van der Waals surface area (Å²) >= 11 is 0. The van der Waals surface area contributed by atoms with Crippen molar-refractivity contribution in [2.24, 2.45) is 5.10 Å². The van der Waals surface area contributed by atoms with Gasteiger partial charge in [-0.25, -0.2) is 9.82 Å². The highest BCUT2D eigenvalue weighted by Gasteiger charge is 2.06. The van der Waals surface area contributed by atoms with E-state index in [0.717, 1.165) is 11.1 Å². The number of methoxy groups -OCH3 is 1. The zero-order valence-corrected chi connectivity index (χ0v) is 15.3. The zero-order valence-electron chi connectivity index (χ0n) is 15.3. The van der Waals surface area contributed by atoms with Gasteiger partial charge >= 0.3 is 0 Å². The van der Waals surface area contributed by atoms with E-state index < -0.39 is 0 Å². The molecule has 0 fully saturated rings. The van der Waals surface area contributed by atoms with Crippen LogP contribution >= 0.6 is 0 Å². The van der Waals surface area contributed by atoms with E-state index in [2.05, 4.69) is 10.5 Å². The predicted octanol–water partition coefficient (Wildman–Crippen LogP) is 4.18. The van der Waals surface area contributed by atoms with Crippen molar-refractivity contribution in [3.05, 3.63) is 95.3 Å². The van der Waals surface area contributed by atoms with E-state index in [1.54, 1.807) is 54.6 Å². The maximum atomic E-state index is 13.0. The molecule has 3 rings (SSSR count). The van der Waals surface area contributed by atoms with Crippen LogP contribution in [0.3, 0.4) is 0 Å². The van der Waals surface area contributed by atoms with E-state index >= 15 is 0 Å². The Bertz CT molecular complexity index is 957. The molecule has 0 heterocycles. The molecule has 3 aromatic carbocycles. The maximum absolute atomic E-state index is 13.0. The number of rotatable bonds is 7. The molecule has 0 aliphatic heterocycles. The van der Waals surface area contributed by atoms with Crippen LogP contribution in [0.15, 0.2) is 77.9 Å². The Morgan fingerprint density at radius 2 is 1.79 bits per heavy atom. The van der Waals surface area contributed by atoms with Crippen molar-refractivity contribution in [2.75, 3.05) is 7.11 Å². The van der Waals surface area contributed by atoms with Crippen LogP contribution in [0.1, 0.15) is 21.5 Å². The minimum absolute atomic E-state index is 0.288. The van der Waals surface area contributed by atoms with Crippen molar-refractivity contribution in [3.63, 3.8) is 0 Å². The molecule has 0 atom stereocenters. The Labute approximate surface area is 162 Å². The molecule has 3 aromatic rings. The number of hydrazone groups is 1. The average molecular weight is 378 g/mol. The third-order valence-corrected chi connectivity index (χ3v) is 3.91. The van der Waals surface area contributed by atoms with E-state index in [4.69, 9.17) is 9.47 Å². The molecule has 0 spiro atoms. The molecule has 0 radical (unpaired) electrons. The number of nitrogens with zero attached hydrogens (tertiary/aromatic N) is 1. The van der Waals surface area contributed by atoms with Crippen molar-refractivity contribution in [1.82, 2.24) is 5.43 Å². The number of halogens is 1. The number of hydrogen-bond donors (Lipinski definition) is 1. The minimum atomic E-state index is -0.289. The number of amides is 1. The number of ether oxygens (including phenoxy) is 2. The van der Waals surface area contributed by atoms with Gasteiger partial charge in [0.25, 0.3) is 5.91 Å². The summed E-state index contributed by atoms with van der Waals surface area (Å²) in [6.07, 6.45) is 1.52. The van der Waals surface area contributed by atoms with Gasteiger partial charge in [-0.3, -0.25) is 4.79 Å². The van der Waals surface area contributed by atoms with Gasteiger partial charge in [0.2, 0.25) is 0 Å². The lowest BCUT2D eigenvalue weighted by atomic mass is 10.2. The smallest absolute Gasteiger partial charge is 0.271 e. The second-order valence-electron chi connectivity index (χ2n) is 5.89. The van der Waals surface area contributed by atoms with Gasteiger partial charge in [0.15, 0.2) is 11.5 Å². The summed E-state index contributed by atoms with van der Waals surface area (Å²) in [7, 11) is 1.54. The lowest BCUT2D eigenvalue weighted by Crippen LogP contribution is -2.17. The van der Waals surface area contributed by atoms with Crippen molar-refractivity contribution < 1.29 is 18.7 Å². The molecule has 0 aliphatic rings. The van der Waals surface area contributed by atoms with Crippen LogP contribution < -0.4 is 14.9 Å². The lowest BCUT2D eigenvalue weighted by molar-refractivity contribution is 0.0955. The van der Waals surface area contributed by atoms with E-state index in [-0.39, 0.29) is 18.3 Å². The predicted molar refractivity (Wildman–Crippen MR) is 105 cm³/mol. The van der Waals surface area contributed by atoms with Crippen LogP contribution in [0.4, 0.5) is 4.39 Å². The quantitative estimate of drug-likeness (QED) is 0.496. The fourth-order valence-electron chi connectivity index (χ4n) is 2.44. The molecule has 28 heavy (non-hydrogen) atoms. The number of benzene rings is 3. The third-order valence-electron chi connectivity index (χ3n) is 3.91. The topological polar surface area (TPSA) is 59.9 Å². The SMILES string of the molecule is COc1cc(/C=N\NC(=O)c2ccccc2)ccc1OCc1ccc(F)cc1. The summed E-state index contributed by atoms with van der Waals surface area (Å²) in [5.41, 5.74) is 4.59. The monoisotopic (exact) mass is 378 g/mol. The molecule has 1 N–H and O–H groups in total. The average Bonchev–Trinajstić information content (AvgIpc) is 2.74. The lowest BCUT2D eigenvalue weighted by Gasteiger charge is -2.11. The zero-order chi connectivity index (χ0) is 19.8. The molecule has 0 unspecified atom stereocenters. The first kappa shape index (κ1) is 19.1. The summed E-state index contributed by atoms with van der Waals surface area (Å²) in [6.45, 7) is 0.289. The van der Waals surface area contributed by atoms with E-state index in [0.29, 0.717) is 17.1 Å². The van der Waals surface area contributed by atoms with Gasteiger partial charge in [0.1, 0.15) is 12.4 Å². The first-order valence-electron chi connectivity index (χ1n) is 8.59. The van der Waals surface area contributed by atoms with Crippen LogP contribution in [-0.2, 0) is 6.61 Å². The van der Waals surface area contributed by atoms with Crippen molar-refractivity contribution in [3.8, 4) is 11.5 Å². The van der Waals surface area contributed by atoms with Gasteiger partial charge in [-0.15, -0.1) is 0 Å². The number of carbonyl (C=O) groups is 1. The molecule has 0 aliphatic carbocycles. The molecular formula is C22H19FN2O3. The number of carbonyl (C=O) groups excluding carboxylic acids is 1. The highest BCUT2D eigenvalue weighted by atomic mass is 19.1. The Kier molecular flexibility index (Phi) is 6.36. The molecule has 0 saturated carbocycles. The summed E-state index contributed by atoms with van der Waals surface area (Å²) in [5, 5.41) is 3.97. The third kappa shape index (κ3) is 5.17. The van der Waals surface area contributed by atoms with E-state index in [1.165, 1.54) is 25.5 Å². The van der Waals surface area contributed by atoms with Gasteiger partial charge in [0.05, 0.1) is 13.3 Å². The molecule has 142 valence electrons. The molecule has 0 aromatic heterocycles. The van der Waals surface area contributed by atoms with Crippen LogP contribution in [-0.4, -0.2) is 19.2 Å². The second-order valence-corrected chi connectivity index (χ2v) is 5.89. The summed E-state index contributed by atoms with van der Waals surface area (Å²) in [6, 6.07) is 20.2. The molecule has 1 amide bonds. The Morgan fingerprint density at radius 1 is 1.04 bits per heavy atom. The standard InChI is InChI=1S/C22H19FN2O3/c1-27-21-13-17(14-24-25-22(26)18-5-3-2-4-6-18)9-12-20(21)28-15-16-7-10-19(23)11-8-16/h2-14H,15H2,1H3,(H,25,26)/b24-14-. The van der Waals surface area contributed by atoms with E-state index in [9.17, 15) is 9.18 Å². The van der Waals surface area contributed by atoms with Gasteiger partial charge in [-0.1, -0.05) is 30.3 Å². The Hall–Kier alpha value is -3.67. The van der Waals surface area contributed by atoms with Gasteiger partial charge < -0.3 is 9.47 Å². The molecule has 5 nitrogen and oxygen atoms in total. The first-order chi connectivity index (χ1) is 13.7. The largest absolute Gasteiger partial charge is 0.493 e. The highest BCUT2D eigenvalue weighted by molar-refractivity contribution is 5.94. The summed E-state index contributed by atoms with van der Waals surface area (Å²) < 4.78 is 24.1. The molecular weight excluding hydrogens is 359 g/mol. The van der Waals surface area contributed by atoms with E-state index in [1.807, 2.05) is 6.07 Å². The Balaban J connectivity index is 1.62. The normalized spacial score (nSPS) is 10.6. The minimum Gasteiger partial charge on any atom is -0.493 e. The Morgan fingerprint density at radius 3 is 2.50 bits per heavy atom. The van der Waals surface area contributed by atoms with Crippen LogP contribution in [0.25, 0.3) is 0 Å².